The van der Waals surface area contributed by atoms with Gasteiger partial charge in [0.05, 0.1) is 21.6 Å². The molecule has 1 fully saturated rings. The van der Waals surface area contributed by atoms with E-state index in [4.69, 9.17) is 25.8 Å². The van der Waals surface area contributed by atoms with Crippen LogP contribution in [0.1, 0.15) is 18.1 Å². The van der Waals surface area contributed by atoms with Crippen molar-refractivity contribution in [3.63, 3.8) is 0 Å². The molecule has 4 aromatic rings. The molecule has 2 amide bonds. The van der Waals surface area contributed by atoms with E-state index in [-0.39, 0.29) is 30.9 Å². The van der Waals surface area contributed by atoms with Gasteiger partial charge in [-0.1, -0.05) is 66.2 Å². The highest BCUT2D eigenvalue weighted by molar-refractivity contribution is 14.1. The van der Waals surface area contributed by atoms with Crippen LogP contribution in [0.5, 0.6) is 17.2 Å². The Bertz CT molecular complexity index is 1600. The highest BCUT2D eigenvalue weighted by Gasteiger charge is 2.35. The summed E-state index contributed by atoms with van der Waals surface area (Å²) in [4.78, 5) is 27.4. The summed E-state index contributed by atoms with van der Waals surface area (Å²) in [7, 11) is 0. The summed E-state index contributed by atoms with van der Waals surface area (Å²) in [6.07, 6.45) is 1.71. The summed E-state index contributed by atoms with van der Waals surface area (Å²) in [6.45, 7) is 2.97. The lowest BCUT2D eigenvalue weighted by Gasteiger charge is -2.15. The summed E-state index contributed by atoms with van der Waals surface area (Å²) in [5, 5.41) is 2.36. The Morgan fingerprint density at radius 2 is 1.70 bits per heavy atom. The first-order chi connectivity index (χ1) is 19.4. The predicted octanol–water partition coefficient (Wildman–Crippen LogP) is 8.19. The number of nitrogens with zero attached hydrogens (tertiary/aromatic N) is 1. The van der Waals surface area contributed by atoms with E-state index in [1.165, 1.54) is 4.90 Å². The van der Waals surface area contributed by atoms with Crippen molar-refractivity contribution in [3.8, 4) is 17.2 Å². The molecule has 1 heterocycles. The summed E-state index contributed by atoms with van der Waals surface area (Å²) in [5.41, 5.74) is 1.60. The third-order valence-electron chi connectivity index (χ3n) is 6.15. The molecule has 1 saturated heterocycles. The van der Waals surface area contributed by atoms with Crippen molar-refractivity contribution >= 4 is 73.9 Å². The minimum atomic E-state index is -0.344. The normalized spacial score (nSPS) is 14.3. The Balaban J connectivity index is 1.28. The molecule has 0 spiro atoms. The summed E-state index contributed by atoms with van der Waals surface area (Å²) >= 11 is 9.38. The number of thioether (sulfide) groups is 1. The van der Waals surface area contributed by atoms with Gasteiger partial charge in [-0.05, 0) is 82.6 Å². The zero-order chi connectivity index (χ0) is 28.1. The minimum Gasteiger partial charge on any atom is -0.491 e. The number of carbonyl (C=O) groups is 2. The summed E-state index contributed by atoms with van der Waals surface area (Å²) in [5.74, 6) is 1.52. The molecular weight excluding hydrogens is 661 g/mol. The van der Waals surface area contributed by atoms with Crippen molar-refractivity contribution in [2.24, 2.45) is 0 Å². The van der Waals surface area contributed by atoms with E-state index in [1.54, 1.807) is 6.08 Å². The number of rotatable bonds is 10. The molecule has 1 aliphatic rings. The first-order valence-corrected chi connectivity index (χ1v) is 14.9. The monoisotopic (exact) mass is 685 g/mol. The number of amides is 2. The number of benzene rings is 4. The maximum absolute atomic E-state index is 13.1. The average Bonchev–Trinajstić information content (AvgIpc) is 3.21. The van der Waals surface area contributed by atoms with E-state index in [1.807, 2.05) is 85.8 Å². The van der Waals surface area contributed by atoms with Gasteiger partial charge in [0, 0.05) is 16.0 Å². The molecule has 204 valence electrons. The van der Waals surface area contributed by atoms with Gasteiger partial charge in [0.1, 0.15) is 19.0 Å². The number of ether oxygens (including phenoxy) is 3. The van der Waals surface area contributed by atoms with Crippen LogP contribution in [-0.2, 0) is 11.4 Å². The first-order valence-electron chi connectivity index (χ1n) is 12.6. The number of hydrogen-bond acceptors (Lipinski definition) is 6. The van der Waals surface area contributed by atoms with Gasteiger partial charge in [0.25, 0.3) is 11.1 Å². The van der Waals surface area contributed by atoms with E-state index in [9.17, 15) is 9.59 Å². The van der Waals surface area contributed by atoms with Crippen molar-refractivity contribution in [3.05, 3.63) is 103 Å². The van der Waals surface area contributed by atoms with Gasteiger partial charge < -0.3 is 14.2 Å². The van der Waals surface area contributed by atoms with Gasteiger partial charge in [-0.2, -0.15) is 0 Å². The molecule has 0 aliphatic carbocycles. The number of imide groups is 1. The van der Waals surface area contributed by atoms with Crippen molar-refractivity contribution in [1.82, 2.24) is 4.90 Å². The smallest absolute Gasteiger partial charge is 0.293 e. The van der Waals surface area contributed by atoms with Gasteiger partial charge in [0.2, 0.25) is 0 Å². The lowest BCUT2D eigenvalue weighted by molar-refractivity contribution is -0.123. The van der Waals surface area contributed by atoms with Crippen molar-refractivity contribution in [1.29, 1.82) is 0 Å². The lowest BCUT2D eigenvalue weighted by atomic mass is 10.1. The lowest BCUT2D eigenvalue weighted by Crippen LogP contribution is -2.32. The second-order valence-corrected chi connectivity index (χ2v) is 11.4. The largest absolute Gasteiger partial charge is 0.491 e. The molecule has 0 bridgehead atoms. The Hall–Kier alpha value is -3.21. The third kappa shape index (κ3) is 6.40. The van der Waals surface area contributed by atoms with Crippen LogP contribution in [0.2, 0.25) is 5.02 Å². The van der Waals surface area contributed by atoms with Gasteiger partial charge >= 0.3 is 0 Å². The zero-order valence-corrected chi connectivity index (χ0v) is 25.3. The second-order valence-electron chi connectivity index (χ2n) is 8.80. The van der Waals surface area contributed by atoms with E-state index in [2.05, 4.69) is 22.6 Å². The van der Waals surface area contributed by atoms with E-state index in [0.717, 1.165) is 43.0 Å². The van der Waals surface area contributed by atoms with Crippen LogP contribution < -0.4 is 14.2 Å². The standard InChI is InChI=1S/C31H25ClINO5S/c1-2-37-27-17-20(16-25(33)29(27)39-19-22-9-4-6-12-24(22)32)18-28-30(35)34(31(36)40-28)14-15-38-26-13-7-10-21-8-3-5-11-23(21)26/h3-13,16-18H,2,14-15,19H2,1H3/b28-18-. The third-order valence-corrected chi connectivity index (χ3v) is 8.23. The molecule has 0 N–H and O–H groups in total. The molecule has 6 nitrogen and oxygen atoms in total. The van der Waals surface area contributed by atoms with Crippen molar-refractivity contribution in [2.75, 3.05) is 19.8 Å². The van der Waals surface area contributed by atoms with Gasteiger partial charge in [-0.3, -0.25) is 14.5 Å². The van der Waals surface area contributed by atoms with E-state index >= 15 is 0 Å². The summed E-state index contributed by atoms with van der Waals surface area (Å²) in [6, 6.07) is 24.9. The van der Waals surface area contributed by atoms with Crippen LogP contribution in [0, 0.1) is 3.57 Å². The SMILES string of the molecule is CCOc1cc(/C=C2\SC(=O)N(CCOc3cccc4ccccc34)C2=O)cc(I)c1OCc1ccccc1Cl. The highest BCUT2D eigenvalue weighted by atomic mass is 127. The molecule has 1 aliphatic heterocycles. The fourth-order valence-electron chi connectivity index (χ4n) is 4.25. The number of halogens is 2. The second kappa shape index (κ2) is 13.0. The Morgan fingerprint density at radius 3 is 2.52 bits per heavy atom. The zero-order valence-electron chi connectivity index (χ0n) is 21.6. The van der Waals surface area contributed by atoms with Crippen LogP contribution in [0.4, 0.5) is 4.79 Å². The fourth-order valence-corrected chi connectivity index (χ4v) is 6.09. The van der Waals surface area contributed by atoms with E-state index in [0.29, 0.717) is 28.0 Å². The van der Waals surface area contributed by atoms with Gasteiger partial charge in [0.15, 0.2) is 11.5 Å². The Morgan fingerprint density at radius 1 is 0.925 bits per heavy atom. The van der Waals surface area contributed by atoms with Crippen molar-refractivity contribution in [2.45, 2.75) is 13.5 Å². The molecule has 0 saturated carbocycles. The molecule has 4 aromatic carbocycles. The molecule has 0 radical (unpaired) electrons. The molecule has 0 atom stereocenters. The van der Waals surface area contributed by atoms with Crippen LogP contribution in [-0.4, -0.2) is 35.8 Å². The average molecular weight is 686 g/mol. The van der Waals surface area contributed by atoms with Gasteiger partial charge in [-0.15, -0.1) is 0 Å². The molecule has 5 rings (SSSR count). The molecular formula is C31H25ClINO5S. The van der Waals surface area contributed by atoms with Crippen LogP contribution in [0.3, 0.4) is 0 Å². The van der Waals surface area contributed by atoms with Crippen LogP contribution in [0.15, 0.2) is 83.8 Å². The summed E-state index contributed by atoms with van der Waals surface area (Å²) < 4.78 is 18.7. The predicted molar refractivity (Wildman–Crippen MR) is 168 cm³/mol. The van der Waals surface area contributed by atoms with Crippen LogP contribution >= 0.6 is 46.0 Å². The maximum Gasteiger partial charge on any atom is 0.293 e. The van der Waals surface area contributed by atoms with Crippen LogP contribution in [0.25, 0.3) is 16.8 Å². The molecule has 0 aromatic heterocycles. The Kier molecular flexibility index (Phi) is 9.18. The van der Waals surface area contributed by atoms with Gasteiger partial charge in [-0.25, -0.2) is 0 Å². The highest BCUT2D eigenvalue weighted by Crippen LogP contribution is 2.38. The quantitative estimate of drug-likeness (QED) is 0.124. The first kappa shape index (κ1) is 28.3. The fraction of sp³-hybridized carbons (Fsp3) is 0.161. The van der Waals surface area contributed by atoms with Crippen molar-refractivity contribution < 1.29 is 23.8 Å². The topological polar surface area (TPSA) is 65.1 Å². The number of carbonyl (C=O) groups excluding carboxylic acids is 2. The van der Waals surface area contributed by atoms with E-state index < -0.39 is 0 Å². The minimum absolute atomic E-state index is 0.155. The Labute approximate surface area is 255 Å². The maximum atomic E-state index is 13.1. The number of fused-ring (bicyclic) bond motifs is 1. The number of hydrogen-bond donors (Lipinski definition) is 0. The molecule has 0 unspecified atom stereocenters. The molecule has 40 heavy (non-hydrogen) atoms. The molecule has 9 heteroatoms.